The largest absolute Gasteiger partial charge is 0.466 e. The van der Waals surface area contributed by atoms with E-state index in [1.807, 2.05) is 0 Å². The molecule has 0 fully saturated rings. The van der Waals surface area contributed by atoms with E-state index in [1.54, 1.807) is 13.0 Å². The minimum absolute atomic E-state index is 0.00903. The van der Waals surface area contributed by atoms with Gasteiger partial charge < -0.3 is 15.2 Å². The molecule has 0 radical (unpaired) electrons. The number of esters is 2. The normalized spacial score (nSPS) is 11.7. The van der Waals surface area contributed by atoms with Crippen molar-refractivity contribution in [2.45, 2.75) is 13.0 Å². The summed E-state index contributed by atoms with van der Waals surface area (Å²) in [6.07, 6.45) is -1.55. The Balaban J connectivity index is 2.39. The molecule has 0 aliphatic rings. The summed E-state index contributed by atoms with van der Waals surface area (Å²) in [5.74, 6) is -2.52. The zero-order valence-electron chi connectivity index (χ0n) is 13.0. The lowest BCUT2D eigenvalue weighted by molar-refractivity contribution is -0.151. The fraction of sp³-hybridized carbons (Fsp3) is 0.176. The fourth-order valence-electron chi connectivity index (χ4n) is 2.13. The van der Waals surface area contributed by atoms with E-state index in [0.29, 0.717) is 5.56 Å². The first-order valence-electron chi connectivity index (χ1n) is 6.94. The maximum Gasteiger partial charge on any atom is 0.352 e. The molecule has 0 amide bonds. The number of nitrogens with two attached hydrogens (primary N) is 1. The number of hydrogen-bond acceptors (Lipinski definition) is 5. The number of methoxy groups -OCH3 is 1. The van der Waals surface area contributed by atoms with Gasteiger partial charge in [0.05, 0.1) is 23.4 Å². The predicted molar refractivity (Wildman–Crippen MR) is 87.2 cm³/mol. The molecule has 0 aliphatic heterocycles. The van der Waals surface area contributed by atoms with Gasteiger partial charge in [0.15, 0.2) is 0 Å². The number of halogens is 2. The van der Waals surface area contributed by atoms with Crippen LogP contribution in [0, 0.1) is 12.7 Å². The summed E-state index contributed by atoms with van der Waals surface area (Å²) in [6.45, 7) is 1.72. The van der Waals surface area contributed by atoms with Gasteiger partial charge in [0.1, 0.15) is 5.82 Å². The van der Waals surface area contributed by atoms with Crippen molar-refractivity contribution < 1.29 is 23.5 Å². The highest BCUT2D eigenvalue weighted by molar-refractivity contribution is 6.34. The van der Waals surface area contributed by atoms with Crippen LogP contribution in [0.25, 0.3) is 0 Å². The average Bonchev–Trinajstić information content (AvgIpc) is 2.55. The SMILES string of the molecule is COC(=O)C(OC(=O)c1cc(C)cc(Cl)c1N)c1ccccc1F. The molecule has 1 atom stereocenters. The van der Waals surface area contributed by atoms with E-state index in [9.17, 15) is 14.0 Å². The van der Waals surface area contributed by atoms with Crippen molar-refractivity contribution in [2.75, 3.05) is 12.8 Å². The number of hydrogen-bond donors (Lipinski definition) is 1. The van der Waals surface area contributed by atoms with Crippen LogP contribution in [0.5, 0.6) is 0 Å². The third-order valence-corrected chi connectivity index (χ3v) is 3.63. The third kappa shape index (κ3) is 3.65. The van der Waals surface area contributed by atoms with Crippen molar-refractivity contribution >= 4 is 29.2 Å². The molecule has 0 spiro atoms. The Hall–Kier alpha value is -2.60. The van der Waals surface area contributed by atoms with Gasteiger partial charge in [-0.3, -0.25) is 0 Å². The molecule has 7 heteroatoms. The van der Waals surface area contributed by atoms with Gasteiger partial charge in [-0.05, 0) is 30.7 Å². The standard InChI is InChI=1S/C17H15ClFNO4/c1-9-7-11(14(20)12(18)8-9)16(21)24-15(17(22)23-2)10-5-3-4-6-13(10)19/h3-8,15H,20H2,1-2H3. The molecule has 2 aromatic carbocycles. The average molecular weight is 352 g/mol. The van der Waals surface area contributed by atoms with Crippen LogP contribution in [0.15, 0.2) is 36.4 Å². The van der Waals surface area contributed by atoms with Crippen molar-refractivity contribution in [2.24, 2.45) is 0 Å². The maximum absolute atomic E-state index is 14.0. The second-order valence-corrected chi connectivity index (χ2v) is 5.45. The van der Waals surface area contributed by atoms with E-state index in [-0.39, 0.29) is 21.8 Å². The Morgan fingerprint density at radius 1 is 1.25 bits per heavy atom. The van der Waals surface area contributed by atoms with E-state index in [2.05, 4.69) is 4.74 Å². The Labute approximate surface area is 143 Å². The van der Waals surface area contributed by atoms with Crippen molar-refractivity contribution in [3.05, 3.63) is 63.9 Å². The van der Waals surface area contributed by atoms with Crippen LogP contribution in [0.4, 0.5) is 10.1 Å². The van der Waals surface area contributed by atoms with E-state index in [1.165, 1.54) is 24.3 Å². The van der Waals surface area contributed by atoms with Crippen LogP contribution in [-0.4, -0.2) is 19.0 Å². The van der Waals surface area contributed by atoms with Crippen LogP contribution < -0.4 is 5.73 Å². The molecule has 0 aromatic heterocycles. The summed E-state index contributed by atoms with van der Waals surface area (Å²) in [5, 5.41) is 0.183. The minimum Gasteiger partial charge on any atom is -0.466 e. The van der Waals surface area contributed by atoms with Crippen LogP contribution in [-0.2, 0) is 14.3 Å². The topological polar surface area (TPSA) is 78.6 Å². The van der Waals surface area contributed by atoms with Gasteiger partial charge in [0.25, 0.3) is 0 Å². The van der Waals surface area contributed by atoms with Gasteiger partial charge in [0.2, 0.25) is 6.10 Å². The third-order valence-electron chi connectivity index (χ3n) is 3.32. The lowest BCUT2D eigenvalue weighted by atomic mass is 10.1. The Morgan fingerprint density at radius 3 is 2.54 bits per heavy atom. The van der Waals surface area contributed by atoms with Crippen molar-refractivity contribution in [1.82, 2.24) is 0 Å². The van der Waals surface area contributed by atoms with E-state index >= 15 is 0 Å². The number of anilines is 1. The first kappa shape index (κ1) is 17.7. The zero-order chi connectivity index (χ0) is 17.9. The minimum atomic E-state index is -1.55. The van der Waals surface area contributed by atoms with Gasteiger partial charge >= 0.3 is 11.9 Å². The maximum atomic E-state index is 14.0. The van der Waals surface area contributed by atoms with Crippen LogP contribution in [0.1, 0.15) is 27.6 Å². The summed E-state index contributed by atoms with van der Waals surface area (Å²) in [5.41, 5.74) is 6.36. The van der Waals surface area contributed by atoms with Gasteiger partial charge in [-0.1, -0.05) is 29.8 Å². The molecule has 2 aromatic rings. The van der Waals surface area contributed by atoms with Gasteiger partial charge in [-0.2, -0.15) is 0 Å². The molecule has 2 rings (SSSR count). The lowest BCUT2D eigenvalue weighted by Gasteiger charge is -2.17. The van der Waals surface area contributed by atoms with Crippen molar-refractivity contribution in [3.63, 3.8) is 0 Å². The summed E-state index contributed by atoms with van der Waals surface area (Å²) >= 11 is 5.95. The first-order chi connectivity index (χ1) is 11.3. The predicted octanol–water partition coefficient (Wildman–Crippen LogP) is 3.44. The lowest BCUT2D eigenvalue weighted by Crippen LogP contribution is -2.22. The van der Waals surface area contributed by atoms with Crippen LogP contribution in [0.2, 0.25) is 5.02 Å². The highest BCUT2D eigenvalue weighted by Crippen LogP contribution is 2.28. The molecule has 0 bridgehead atoms. The summed E-state index contributed by atoms with van der Waals surface area (Å²) < 4.78 is 23.7. The van der Waals surface area contributed by atoms with Crippen LogP contribution >= 0.6 is 11.6 Å². The quantitative estimate of drug-likeness (QED) is 0.674. The molecular weight excluding hydrogens is 337 g/mol. The highest BCUT2D eigenvalue weighted by Gasteiger charge is 2.30. The number of ether oxygens (including phenoxy) is 2. The second-order valence-electron chi connectivity index (χ2n) is 5.04. The summed E-state index contributed by atoms with van der Waals surface area (Å²) in [4.78, 5) is 24.3. The molecule has 126 valence electrons. The van der Waals surface area contributed by atoms with Gasteiger partial charge in [-0.25, -0.2) is 14.0 Å². The zero-order valence-corrected chi connectivity index (χ0v) is 13.8. The van der Waals surface area contributed by atoms with E-state index < -0.39 is 23.9 Å². The van der Waals surface area contributed by atoms with Crippen LogP contribution in [0.3, 0.4) is 0 Å². The van der Waals surface area contributed by atoms with E-state index in [0.717, 1.165) is 13.2 Å². The molecule has 0 heterocycles. The molecule has 0 saturated carbocycles. The number of aryl methyl sites for hydroxylation is 1. The number of carbonyl (C=O) groups excluding carboxylic acids is 2. The molecule has 0 aliphatic carbocycles. The first-order valence-corrected chi connectivity index (χ1v) is 7.31. The molecule has 2 N–H and O–H groups in total. The molecule has 1 unspecified atom stereocenters. The molecule has 0 saturated heterocycles. The Morgan fingerprint density at radius 2 is 1.92 bits per heavy atom. The second kappa shape index (κ2) is 7.31. The monoisotopic (exact) mass is 351 g/mol. The Kier molecular flexibility index (Phi) is 5.41. The van der Waals surface area contributed by atoms with Crippen molar-refractivity contribution in [3.8, 4) is 0 Å². The van der Waals surface area contributed by atoms with Gasteiger partial charge in [0, 0.05) is 5.56 Å². The molecule has 24 heavy (non-hydrogen) atoms. The summed E-state index contributed by atoms with van der Waals surface area (Å²) in [7, 11) is 1.11. The molecule has 5 nitrogen and oxygen atoms in total. The van der Waals surface area contributed by atoms with Gasteiger partial charge in [-0.15, -0.1) is 0 Å². The fourth-order valence-corrected chi connectivity index (χ4v) is 2.40. The number of nitrogen functional groups attached to an aromatic ring is 1. The van der Waals surface area contributed by atoms with E-state index in [4.69, 9.17) is 22.1 Å². The number of rotatable bonds is 4. The summed E-state index contributed by atoms with van der Waals surface area (Å²) in [6, 6.07) is 8.50. The number of carbonyl (C=O) groups is 2. The smallest absolute Gasteiger partial charge is 0.352 e. The van der Waals surface area contributed by atoms with Crippen molar-refractivity contribution in [1.29, 1.82) is 0 Å². The highest BCUT2D eigenvalue weighted by atomic mass is 35.5. The Bertz CT molecular complexity index is 794. The molecular formula is C17H15ClFNO4. The number of benzene rings is 2.